The van der Waals surface area contributed by atoms with Crippen molar-refractivity contribution in [2.75, 3.05) is 17.2 Å². The minimum Gasteiger partial charge on any atom is -0.508 e. The third-order valence-corrected chi connectivity index (χ3v) is 5.35. The average Bonchev–Trinajstić information content (AvgIpc) is 2.86. The van der Waals surface area contributed by atoms with Crippen molar-refractivity contribution in [2.45, 2.75) is 20.3 Å². The Labute approximate surface area is 221 Å². The van der Waals surface area contributed by atoms with Gasteiger partial charge in [0.05, 0.1) is 0 Å². The van der Waals surface area contributed by atoms with Gasteiger partial charge in [-0.2, -0.15) is 0 Å². The largest absolute Gasteiger partial charge is 0.508 e. The number of benzene rings is 3. The molecule has 1 heterocycles. The number of nitrogens with zero attached hydrogens (tertiary/aromatic N) is 3. The van der Waals surface area contributed by atoms with Crippen molar-refractivity contribution in [3.63, 3.8) is 0 Å². The number of anilines is 2. The SMILES string of the molecule is Cc1cc(C)nc(NC(=NCCc2ccc(O)cc2)NC(=S)Nc2ccc(Oc3ccccc3)cc2)n1. The van der Waals surface area contributed by atoms with Crippen molar-refractivity contribution in [2.24, 2.45) is 4.99 Å². The summed E-state index contributed by atoms with van der Waals surface area (Å²) in [6.45, 7) is 4.30. The van der Waals surface area contributed by atoms with Crippen LogP contribution in [0.2, 0.25) is 0 Å². The zero-order valence-electron chi connectivity index (χ0n) is 20.6. The molecule has 8 nitrogen and oxygen atoms in total. The van der Waals surface area contributed by atoms with Crippen molar-refractivity contribution >= 4 is 34.9 Å². The molecule has 1 aromatic heterocycles. The number of para-hydroxylation sites is 1. The molecule has 37 heavy (non-hydrogen) atoms. The van der Waals surface area contributed by atoms with E-state index in [1.54, 1.807) is 12.1 Å². The summed E-state index contributed by atoms with van der Waals surface area (Å²) in [7, 11) is 0. The van der Waals surface area contributed by atoms with Gasteiger partial charge in [-0.3, -0.25) is 10.3 Å². The van der Waals surface area contributed by atoms with Gasteiger partial charge < -0.3 is 20.5 Å². The highest BCUT2D eigenvalue weighted by atomic mass is 32.1. The quantitative estimate of drug-likeness (QED) is 0.144. The number of aryl methyl sites for hydroxylation is 2. The fourth-order valence-electron chi connectivity index (χ4n) is 3.46. The summed E-state index contributed by atoms with van der Waals surface area (Å²) in [5.41, 5.74) is 3.54. The predicted octanol–water partition coefficient (Wildman–Crippen LogP) is 5.59. The number of ether oxygens (including phenoxy) is 1. The third-order valence-electron chi connectivity index (χ3n) is 5.14. The van der Waals surface area contributed by atoms with Crippen molar-refractivity contribution in [1.29, 1.82) is 0 Å². The molecule has 188 valence electrons. The molecular formula is C28H28N6O2S. The highest BCUT2D eigenvalue weighted by molar-refractivity contribution is 7.80. The molecule has 3 aromatic carbocycles. The summed E-state index contributed by atoms with van der Waals surface area (Å²) in [5.74, 6) is 2.58. The van der Waals surface area contributed by atoms with Gasteiger partial charge in [0, 0.05) is 23.6 Å². The van der Waals surface area contributed by atoms with E-state index in [0.717, 1.165) is 34.1 Å². The number of guanidine groups is 1. The number of nitrogens with one attached hydrogen (secondary N) is 3. The van der Waals surface area contributed by atoms with Gasteiger partial charge in [0.25, 0.3) is 0 Å². The average molecular weight is 513 g/mol. The second-order valence-electron chi connectivity index (χ2n) is 8.26. The summed E-state index contributed by atoms with van der Waals surface area (Å²) in [6, 6.07) is 26.1. The number of phenols is 1. The monoisotopic (exact) mass is 512 g/mol. The molecule has 0 aliphatic heterocycles. The van der Waals surface area contributed by atoms with Crippen LogP contribution in [0.4, 0.5) is 11.6 Å². The van der Waals surface area contributed by atoms with Gasteiger partial charge in [-0.15, -0.1) is 0 Å². The minimum atomic E-state index is 0.235. The fraction of sp³-hybridized carbons (Fsp3) is 0.143. The zero-order valence-corrected chi connectivity index (χ0v) is 21.4. The number of rotatable bonds is 7. The molecule has 0 saturated carbocycles. The standard InChI is InChI=1S/C28H28N6O2S/c1-19-18-20(2)31-27(30-19)33-26(29-17-16-21-8-12-23(35)13-9-21)34-28(37)32-22-10-14-25(15-11-22)36-24-6-4-3-5-7-24/h3-15,18,35H,16-17H2,1-2H3,(H3,29,30,31,32,33,34,37). The second kappa shape index (κ2) is 12.5. The van der Waals surface area contributed by atoms with Gasteiger partial charge in [-0.1, -0.05) is 30.3 Å². The second-order valence-corrected chi connectivity index (χ2v) is 8.67. The maximum atomic E-state index is 9.49. The Morgan fingerprint density at radius 2 is 1.51 bits per heavy atom. The van der Waals surface area contributed by atoms with E-state index < -0.39 is 0 Å². The summed E-state index contributed by atoms with van der Waals surface area (Å²) < 4.78 is 5.84. The van der Waals surface area contributed by atoms with E-state index in [9.17, 15) is 5.11 Å². The molecule has 0 saturated heterocycles. The molecule has 4 rings (SSSR count). The van der Waals surface area contributed by atoms with Gasteiger partial charge in [0.1, 0.15) is 17.2 Å². The number of aromatic hydroxyl groups is 1. The first-order chi connectivity index (χ1) is 17.9. The van der Waals surface area contributed by atoms with Crippen LogP contribution in [-0.2, 0) is 6.42 Å². The Bertz CT molecular complexity index is 1340. The van der Waals surface area contributed by atoms with E-state index in [-0.39, 0.29) is 5.75 Å². The van der Waals surface area contributed by atoms with E-state index in [1.165, 1.54) is 0 Å². The molecular weight excluding hydrogens is 484 g/mol. The van der Waals surface area contributed by atoms with Gasteiger partial charge in [-0.05, 0) is 92.6 Å². The normalized spacial score (nSPS) is 11.0. The Kier molecular flexibility index (Phi) is 8.62. The van der Waals surface area contributed by atoms with Crippen LogP contribution >= 0.6 is 12.2 Å². The third kappa shape index (κ3) is 8.29. The Hall–Kier alpha value is -4.50. The van der Waals surface area contributed by atoms with Gasteiger partial charge >= 0.3 is 0 Å². The molecule has 4 N–H and O–H groups in total. The molecule has 0 unspecified atom stereocenters. The number of hydrogen-bond acceptors (Lipinski definition) is 6. The summed E-state index contributed by atoms with van der Waals surface area (Å²) in [4.78, 5) is 13.5. The summed E-state index contributed by atoms with van der Waals surface area (Å²) >= 11 is 5.53. The van der Waals surface area contributed by atoms with Crippen LogP contribution in [-0.4, -0.2) is 32.7 Å². The van der Waals surface area contributed by atoms with Crippen LogP contribution in [0.25, 0.3) is 0 Å². The van der Waals surface area contributed by atoms with E-state index >= 15 is 0 Å². The first kappa shape index (κ1) is 25.6. The van der Waals surface area contributed by atoms with Crippen molar-refractivity contribution in [3.8, 4) is 17.2 Å². The maximum Gasteiger partial charge on any atom is 0.229 e. The predicted molar refractivity (Wildman–Crippen MR) is 152 cm³/mol. The first-order valence-corrected chi connectivity index (χ1v) is 12.2. The van der Waals surface area contributed by atoms with E-state index in [0.29, 0.717) is 30.0 Å². The van der Waals surface area contributed by atoms with Gasteiger partial charge in [0.2, 0.25) is 11.9 Å². The fourth-order valence-corrected chi connectivity index (χ4v) is 3.67. The Morgan fingerprint density at radius 1 is 0.865 bits per heavy atom. The van der Waals surface area contributed by atoms with Crippen LogP contribution < -0.4 is 20.7 Å². The molecule has 4 aromatic rings. The number of aliphatic imine (C=N–C) groups is 1. The Balaban J connectivity index is 1.41. The molecule has 0 radical (unpaired) electrons. The molecule has 0 spiro atoms. The number of aromatic nitrogens is 2. The van der Waals surface area contributed by atoms with E-state index in [2.05, 4.69) is 30.9 Å². The first-order valence-electron chi connectivity index (χ1n) is 11.8. The van der Waals surface area contributed by atoms with Crippen LogP contribution in [0.3, 0.4) is 0 Å². The van der Waals surface area contributed by atoms with Gasteiger partial charge in [-0.25, -0.2) is 9.97 Å². The molecule has 0 fully saturated rings. The van der Waals surface area contributed by atoms with E-state index in [1.807, 2.05) is 86.6 Å². The molecule has 0 aliphatic rings. The topological polar surface area (TPSA) is 104 Å². The van der Waals surface area contributed by atoms with Crippen LogP contribution in [0, 0.1) is 13.8 Å². The summed E-state index contributed by atoms with van der Waals surface area (Å²) in [6.07, 6.45) is 0.684. The molecule has 0 aliphatic carbocycles. The number of hydrogen-bond donors (Lipinski definition) is 4. The van der Waals surface area contributed by atoms with E-state index in [4.69, 9.17) is 17.0 Å². The zero-order chi connectivity index (χ0) is 26.0. The molecule has 9 heteroatoms. The maximum absolute atomic E-state index is 9.49. The summed E-state index contributed by atoms with van der Waals surface area (Å²) in [5, 5.41) is 19.3. The molecule has 0 bridgehead atoms. The lowest BCUT2D eigenvalue weighted by Crippen LogP contribution is -2.39. The van der Waals surface area contributed by atoms with Crippen LogP contribution in [0.5, 0.6) is 17.2 Å². The lowest BCUT2D eigenvalue weighted by Gasteiger charge is -2.15. The van der Waals surface area contributed by atoms with Crippen molar-refractivity contribution in [3.05, 3.63) is 102 Å². The van der Waals surface area contributed by atoms with Crippen LogP contribution in [0.15, 0.2) is 89.9 Å². The molecule has 0 amide bonds. The lowest BCUT2D eigenvalue weighted by molar-refractivity contribution is 0.475. The number of thiocarbonyl (C=S) groups is 1. The Morgan fingerprint density at radius 3 is 2.19 bits per heavy atom. The van der Waals surface area contributed by atoms with Crippen molar-refractivity contribution < 1.29 is 9.84 Å². The van der Waals surface area contributed by atoms with Crippen LogP contribution in [0.1, 0.15) is 17.0 Å². The number of phenolic OH excluding ortho intramolecular Hbond substituents is 1. The highest BCUT2D eigenvalue weighted by Gasteiger charge is 2.08. The smallest absolute Gasteiger partial charge is 0.229 e. The lowest BCUT2D eigenvalue weighted by atomic mass is 10.1. The highest BCUT2D eigenvalue weighted by Crippen LogP contribution is 2.22. The minimum absolute atomic E-state index is 0.235. The van der Waals surface area contributed by atoms with Gasteiger partial charge in [0.15, 0.2) is 5.11 Å². The van der Waals surface area contributed by atoms with Crippen molar-refractivity contribution in [1.82, 2.24) is 15.3 Å². The molecule has 0 atom stereocenters.